The van der Waals surface area contributed by atoms with Gasteiger partial charge in [0.15, 0.2) is 11.5 Å². The molecule has 6 heteroatoms. The summed E-state index contributed by atoms with van der Waals surface area (Å²) in [5.74, 6) is 1.25. The SMILES string of the molecule is O=C(c1ccc2c(c1)OCCCO2)N(Cc1cccc(-c2ccccc2)c1)Cc1nccs1. The van der Waals surface area contributed by atoms with Crippen LogP contribution in [0.1, 0.15) is 27.3 Å². The van der Waals surface area contributed by atoms with Crippen molar-refractivity contribution < 1.29 is 14.3 Å². The van der Waals surface area contributed by atoms with Crippen LogP contribution in [0.25, 0.3) is 11.1 Å². The number of carbonyl (C=O) groups excluding carboxylic acids is 1. The molecule has 3 aromatic carbocycles. The van der Waals surface area contributed by atoms with Gasteiger partial charge in [-0.1, -0.05) is 48.5 Å². The number of hydrogen-bond donors (Lipinski definition) is 0. The van der Waals surface area contributed by atoms with Crippen molar-refractivity contribution in [2.24, 2.45) is 0 Å². The number of hydrogen-bond acceptors (Lipinski definition) is 5. The molecule has 0 N–H and O–H groups in total. The molecule has 33 heavy (non-hydrogen) atoms. The van der Waals surface area contributed by atoms with Gasteiger partial charge in [0.25, 0.3) is 5.91 Å². The van der Waals surface area contributed by atoms with Gasteiger partial charge < -0.3 is 14.4 Å². The third-order valence-corrected chi connectivity index (χ3v) is 6.26. The summed E-state index contributed by atoms with van der Waals surface area (Å²) in [5, 5.41) is 2.83. The first-order valence-corrected chi connectivity index (χ1v) is 11.9. The highest BCUT2D eigenvalue weighted by Gasteiger charge is 2.21. The number of benzene rings is 3. The molecule has 1 amide bonds. The molecule has 1 aliphatic heterocycles. The molecule has 4 aromatic rings. The van der Waals surface area contributed by atoms with E-state index in [0.717, 1.165) is 28.1 Å². The maximum Gasteiger partial charge on any atom is 0.254 e. The molecule has 5 rings (SSSR count). The number of rotatable bonds is 6. The summed E-state index contributed by atoms with van der Waals surface area (Å²) in [6, 6.07) is 24.0. The Hall–Kier alpha value is -3.64. The molecule has 0 saturated carbocycles. The molecule has 0 spiro atoms. The third-order valence-electron chi connectivity index (χ3n) is 5.50. The lowest BCUT2D eigenvalue weighted by molar-refractivity contribution is 0.0729. The minimum atomic E-state index is -0.0639. The summed E-state index contributed by atoms with van der Waals surface area (Å²) in [6.45, 7) is 2.13. The van der Waals surface area contributed by atoms with Crippen LogP contribution in [0.4, 0.5) is 0 Å². The van der Waals surface area contributed by atoms with Crippen molar-refractivity contribution in [3.05, 3.63) is 101 Å². The summed E-state index contributed by atoms with van der Waals surface area (Å²) < 4.78 is 11.5. The van der Waals surface area contributed by atoms with Crippen molar-refractivity contribution in [1.82, 2.24) is 9.88 Å². The smallest absolute Gasteiger partial charge is 0.254 e. The van der Waals surface area contributed by atoms with E-state index in [2.05, 4.69) is 35.3 Å². The van der Waals surface area contributed by atoms with Crippen molar-refractivity contribution in [1.29, 1.82) is 0 Å². The van der Waals surface area contributed by atoms with Crippen molar-refractivity contribution in [3.63, 3.8) is 0 Å². The summed E-state index contributed by atoms with van der Waals surface area (Å²) in [4.78, 5) is 19.8. The van der Waals surface area contributed by atoms with Gasteiger partial charge in [-0.25, -0.2) is 4.98 Å². The molecule has 0 radical (unpaired) electrons. The van der Waals surface area contributed by atoms with Crippen LogP contribution in [0.3, 0.4) is 0 Å². The highest BCUT2D eigenvalue weighted by molar-refractivity contribution is 7.09. The van der Waals surface area contributed by atoms with E-state index in [4.69, 9.17) is 9.47 Å². The van der Waals surface area contributed by atoms with E-state index in [9.17, 15) is 4.79 Å². The van der Waals surface area contributed by atoms with Crippen LogP contribution in [0.5, 0.6) is 11.5 Å². The second-order valence-electron chi connectivity index (χ2n) is 7.87. The normalized spacial score (nSPS) is 12.7. The summed E-state index contributed by atoms with van der Waals surface area (Å²) in [6.07, 6.45) is 2.60. The third kappa shape index (κ3) is 5.07. The predicted molar refractivity (Wildman–Crippen MR) is 130 cm³/mol. The zero-order valence-corrected chi connectivity index (χ0v) is 19.0. The van der Waals surface area contributed by atoms with E-state index in [0.29, 0.717) is 43.4 Å². The van der Waals surface area contributed by atoms with Gasteiger partial charge in [-0.05, 0) is 41.0 Å². The van der Waals surface area contributed by atoms with Crippen LogP contribution >= 0.6 is 11.3 Å². The molecule has 0 unspecified atom stereocenters. The topological polar surface area (TPSA) is 51.7 Å². The van der Waals surface area contributed by atoms with Gasteiger partial charge in [-0.3, -0.25) is 4.79 Å². The number of amides is 1. The molecule has 5 nitrogen and oxygen atoms in total. The van der Waals surface area contributed by atoms with Crippen molar-refractivity contribution >= 4 is 17.2 Å². The molecule has 2 heterocycles. The zero-order chi connectivity index (χ0) is 22.5. The Morgan fingerprint density at radius 2 is 1.70 bits per heavy atom. The molecule has 0 fully saturated rings. The average molecular weight is 457 g/mol. The van der Waals surface area contributed by atoms with E-state index in [1.165, 1.54) is 0 Å². The molecule has 1 aromatic heterocycles. The quantitative estimate of drug-likeness (QED) is 0.367. The predicted octanol–water partition coefficient (Wildman–Crippen LogP) is 5.81. The molecular weight excluding hydrogens is 432 g/mol. The Balaban J connectivity index is 1.43. The van der Waals surface area contributed by atoms with Crippen molar-refractivity contribution in [2.45, 2.75) is 19.5 Å². The molecule has 0 aliphatic carbocycles. The Bertz CT molecular complexity index is 1230. The van der Waals surface area contributed by atoms with Crippen LogP contribution in [0, 0.1) is 0 Å². The van der Waals surface area contributed by atoms with Gasteiger partial charge in [0.2, 0.25) is 0 Å². The van der Waals surface area contributed by atoms with E-state index >= 15 is 0 Å². The molecule has 0 atom stereocenters. The Kier molecular flexibility index (Phi) is 6.35. The number of carbonyl (C=O) groups is 1. The fourth-order valence-electron chi connectivity index (χ4n) is 3.87. The van der Waals surface area contributed by atoms with E-state index < -0.39 is 0 Å². The lowest BCUT2D eigenvalue weighted by atomic mass is 10.0. The molecular formula is C27H24N2O3S. The first-order chi connectivity index (χ1) is 16.3. The van der Waals surface area contributed by atoms with Crippen LogP contribution < -0.4 is 9.47 Å². The zero-order valence-electron chi connectivity index (χ0n) is 18.1. The van der Waals surface area contributed by atoms with Crippen molar-refractivity contribution in [2.75, 3.05) is 13.2 Å². The summed E-state index contributed by atoms with van der Waals surface area (Å²) in [7, 11) is 0. The van der Waals surface area contributed by atoms with Crippen LogP contribution in [0.2, 0.25) is 0 Å². The first-order valence-electron chi connectivity index (χ1n) is 11.0. The number of fused-ring (bicyclic) bond motifs is 1. The molecule has 166 valence electrons. The standard InChI is InChI=1S/C27H24N2O3S/c30-27(23-10-11-24-25(17-23)32-14-5-13-31-24)29(19-26-28-12-15-33-26)18-20-6-4-9-22(16-20)21-7-2-1-3-8-21/h1-4,6-12,15-17H,5,13-14,18-19H2. The van der Waals surface area contributed by atoms with Crippen LogP contribution in [-0.2, 0) is 13.1 Å². The van der Waals surface area contributed by atoms with Crippen LogP contribution in [-0.4, -0.2) is 29.0 Å². The number of thiazole rings is 1. The van der Waals surface area contributed by atoms with Gasteiger partial charge >= 0.3 is 0 Å². The lowest BCUT2D eigenvalue weighted by Gasteiger charge is -2.23. The van der Waals surface area contributed by atoms with Crippen molar-refractivity contribution in [3.8, 4) is 22.6 Å². The molecule has 0 bridgehead atoms. The highest BCUT2D eigenvalue weighted by Crippen LogP contribution is 2.31. The minimum absolute atomic E-state index is 0.0639. The Labute approximate surface area is 197 Å². The molecule has 0 saturated heterocycles. The Morgan fingerprint density at radius 3 is 2.52 bits per heavy atom. The maximum absolute atomic E-state index is 13.6. The van der Waals surface area contributed by atoms with E-state index in [-0.39, 0.29) is 5.91 Å². The maximum atomic E-state index is 13.6. The summed E-state index contributed by atoms with van der Waals surface area (Å²) in [5.41, 5.74) is 3.93. The lowest BCUT2D eigenvalue weighted by Crippen LogP contribution is -2.30. The number of ether oxygens (including phenoxy) is 2. The summed E-state index contributed by atoms with van der Waals surface area (Å²) >= 11 is 1.55. The fraction of sp³-hybridized carbons (Fsp3) is 0.185. The fourth-order valence-corrected chi connectivity index (χ4v) is 4.50. The van der Waals surface area contributed by atoms with Gasteiger partial charge in [-0.2, -0.15) is 0 Å². The molecule has 1 aliphatic rings. The van der Waals surface area contributed by atoms with Gasteiger partial charge in [0, 0.05) is 30.1 Å². The highest BCUT2D eigenvalue weighted by atomic mass is 32.1. The van der Waals surface area contributed by atoms with Crippen LogP contribution in [0.15, 0.2) is 84.4 Å². The van der Waals surface area contributed by atoms with Gasteiger partial charge in [-0.15, -0.1) is 11.3 Å². The number of nitrogens with zero attached hydrogens (tertiary/aromatic N) is 2. The van der Waals surface area contributed by atoms with E-state index in [1.807, 2.05) is 46.7 Å². The van der Waals surface area contributed by atoms with Gasteiger partial charge in [0.1, 0.15) is 5.01 Å². The monoisotopic (exact) mass is 456 g/mol. The van der Waals surface area contributed by atoms with E-state index in [1.54, 1.807) is 23.6 Å². The second kappa shape index (κ2) is 9.88. The number of aromatic nitrogens is 1. The minimum Gasteiger partial charge on any atom is -0.490 e. The first kappa shape index (κ1) is 21.2. The van der Waals surface area contributed by atoms with Gasteiger partial charge in [0.05, 0.1) is 19.8 Å². The second-order valence-corrected chi connectivity index (χ2v) is 8.84. The average Bonchev–Trinajstić information content (AvgIpc) is 3.26. The Morgan fingerprint density at radius 1 is 0.879 bits per heavy atom. The largest absolute Gasteiger partial charge is 0.490 e.